The monoisotopic (exact) mass is 340 g/mol. The van der Waals surface area contributed by atoms with E-state index >= 15 is 0 Å². The highest BCUT2D eigenvalue weighted by molar-refractivity contribution is 5.77. The SMILES string of the molecule is CCN1CCN(C(=O)CCc2cn(C)nc2-c2ccc(C)cc2)CC1. The van der Waals surface area contributed by atoms with Crippen LogP contribution in [0.4, 0.5) is 0 Å². The fourth-order valence-electron chi connectivity index (χ4n) is 3.39. The number of likely N-dealkylation sites (N-methyl/N-ethyl adjacent to an activating group) is 1. The molecule has 1 fully saturated rings. The van der Waals surface area contributed by atoms with E-state index in [1.807, 2.05) is 22.8 Å². The molecule has 5 nitrogen and oxygen atoms in total. The fourth-order valence-corrected chi connectivity index (χ4v) is 3.39. The lowest BCUT2D eigenvalue weighted by Gasteiger charge is -2.34. The summed E-state index contributed by atoms with van der Waals surface area (Å²) in [4.78, 5) is 16.9. The third kappa shape index (κ3) is 4.28. The highest BCUT2D eigenvalue weighted by Crippen LogP contribution is 2.23. The molecule has 1 aliphatic heterocycles. The van der Waals surface area contributed by atoms with Gasteiger partial charge in [0.25, 0.3) is 0 Å². The lowest BCUT2D eigenvalue weighted by Crippen LogP contribution is -2.48. The molecule has 1 aromatic heterocycles. The van der Waals surface area contributed by atoms with Crippen LogP contribution in [0.5, 0.6) is 0 Å². The summed E-state index contributed by atoms with van der Waals surface area (Å²) in [5.74, 6) is 0.259. The van der Waals surface area contributed by atoms with Crippen LogP contribution < -0.4 is 0 Å². The molecule has 0 atom stereocenters. The van der Waals surface area contributed by atoms with Crippen molar-refractivity contribution >= 4 is 5.91 Å². The highest BCUT2D eigenvalue weighted by Gasteiger charge is 2.20. The maximum atomic E-state index is 12.5. The van der Waals surface area contributed by atoms with E-state index in [2.05, 4.69) is 48.1 Å². The molecule has 1 saturated heterocycles. The van der Waals surface area contributed by atoms with E-state index in [9.17, 15) is 4.79 Å². The maximum Gasteiger partial charge on any atom is 0.222 e. The Labute approximate surface area is 150 Å². The normalized spacial score (nSPS) is 15.6. The van der Waals surface area contributed by atoms with Gasteiger partial charge >= 0.3 is 0 Å². The first-order valence-corrected chi connectivity index (χ1v) is 9.16. The molecule has 3 rings (SSSR count). The number of aromatic nitrogens is 2. The summed E-state index contributed by atoms with van der Waals surface area (Å²) in [5, 5.41) is 4.61. The first kappa shape index (κ1) is 17.7. The van der Waals surface area contributed by atoms with Gasteiger partial charge in [-0.3, -0.25) is 9.48 Å². The lowest BCUT2D eigenvalue weighted by molar-refractivity contribution is -0.132. The molecular formula is C20H28N4O. The summed E-state index contributed by atoms with van der Waals surface area (Å²) in [5.41, 5.74) is 4.49. The number of carbonyl (C=O) groups excluding carboxylic acids is 1. The van der Waals surface area contributed by atoms with Gasteiger partial charge in [-0.2, -0.15) is 5.10 Å². The molecule has 1 aromatic carbocycles. The Morgan fingerprint density at radius 3 is 2.44 bits per heavy atom. The van der Waals surface area contributed by atoms with Gasteiger partial charge in [0.2, 0.25) is 5.91 Å². The molecule has 2 aromatic rings. The molecule has 0 radical (unpaired) electrons. The standard InChI is InChI=1S/C20H28N4O/c1-4-23-11-13-24(14-12-23)19(25)10-9-18-15-22(3)21-20(18)17-7-5-16(2)6-8-17/h5-8,15H,4,9-14H2,1-3H3. The van der Waals surface area contributed by atoms with Crippen LogP contribution in [0.15, 0.2) is 30.5 Å². The molecule has 0 aliphatic carbocycles. The molecule has 5 heteroatoms. The Morgan fingerprint density at radius 2 is 1.80 bits per heavy atom. The van der Waals surface area contributed by atoms with Gasteiger partial charge in [0.05, 0.1) is 5.69 Å². The summed E-state index contributed by atoms with van der Waals surface area (Å²) < 4.78 is 1.84. The average Bonchev–Trinajstić information content (AvgIpc) is 3.01. The zero-order valence-electron chi connectivity index (χ0n) is 15.5. The number of piperazine rings is 1. The van der Waals surface area contributed by atoms with Gasteiger partial charge in [-0.15, -0.1) is 0 Å². The summed E-state index contributed by atoms with van der Waals surface area (Å²) in [7, 11) is 1.94. The fraction of sp³-hybridized carbons (Fsp3) is 0.500. The van der Waals surface area contributed by atoms with Gasteiger partial charge < -0.3 is 9.80 Å². The molecule has 2 heterocycles. The zero-order valence-corrected chi connectivity index (χ0v) is 15.5. The van der Waals surface area contributed by atoms with Crippen molar-refractivity contribution in [3.63, 3.8) is 0 Å². The molecule has 0 bridgehead atoms. The van der Waals surface area contributed by atoms with E-state index in [1.165, 1.54) is 5.56 Å². The molecule has 0 N–H and O–H groups in total. The van der Waals surface area contributed by atoms with Crippen LogP contribution in [0, 0.1) is 6.92 Å². The Bertz CT molecular complexity index is 712. The molecule has 0 unspecified atom stereocenters. The van der Waals surface area contributed by atoms with Crippen LogP contribution in [-0.2, 0) is 18.3 Å². The Kier molecular flexibility index (Phi) is 5.53. The molecule has 0 spiro atoms. The van der Waals surface area contributed by atoms with Gasteiger partial charge in [-0.1, -0.05) is 36.8 Å². The Hall–Kier alpha value is -2.14. The number of aryl methyl sites for hydroxylation is 3. The summed E-state index contributed by atoms with van der Waals surface area (Å²) in [6, 6.07) is 8.41. The first-order valence-electron chi connectivity index (χ1n) is 9.16. The van der Waals surface area contributed by atoms with Gasteiger partial charge in [0, 0.05) is 51.4 Å². The predicted octanol–water partition coefficient (Wildman–Crippen LogP) is 2.49. The number of hydrogen-bond donors (Lipinski definition) is 0. The van der Waals surface area contributed by atoms with Crippen molar-refractivity contribution in [3.05, 3.63) is 41.6 Å². The third-order valence-electron chi connectivity index (χ3n) is 5.01. The van der Waals surface area contributed by atoms with E-state index in [0.29, 0.717) is 6.42 Å². The third-order valence-corrected chi connectivity index (χ3v) is 5.01. The number of hydrogen-bond acceptors (Lipinski definition) is 3. The molecule has 0 saturated carbocycles. The number of benzene rings is 1. The predicted molar refractivity (Wildman–Crippen MR) is 100 cm³/mol. The second-order valence-electron chi connectivity index (χ2n) is 6.86. The molecule has 1 aliphatic rings. The minimum absolute atomic E-state index is 0.259. The minimum Gasteiger partial charge on any atom is -0.340 e. The van der Waals surface area contributed by atoms with Crippen LogP contribution in [0.2, 0.25) is 0 Å². The van der Waals surface area contributed by atoms with Crippen LogP contribution >= 0.6 is 0 Å². The quantitative estimate of drug-likeness (QED) is 0.840. The van der Waals surface area contributed by atoms with Crippen LogP contribution in [0.1, 0.15) is 24.5 Å². The molecular weight excluding hydrogens is 312 g/mol. The summed E-state index contributed by atoms with van der Waals surface area (Å²) >= 11 is 0. The van der Waals surface area contributed by atoms with Crippen LogP contribution in [-0.4, -0.2) is 58.2 Å². The largest absolute Gasteiger partial charge is 0.340 e. The molecule has 134 valence electrons. The second kappa shape index (κ2) is 7.83. The van der Waals surface area contributed by atoms with E-state index in [0.717, 1.165) is 56.0 Å². The Morgan fingerprint density at radius 1 is 1.12 bits per heavy atom. The van der Waals surface area contributed by atoms with Gasteiger partial charge in [-0.25, -0.2) is 0 Å². The average molecular weight is 340 g/mol. The van der Waals surface area contributed by atoms with E-state index in [-0.39, 0.29) is 5.91 Å². The second-order valence-corrected chi connectivity index (χ2v) is 6.86. The summed E-state index contributed by atoms with van der Waals surface area (Å²) in [6.45, 7) is 9.01. The lowest BCUT2D eigenvalue weighted by atomic mass is 10.0. The first-order chi connectivity index (χ1) is 12.1. The molecule has 1 amide bonds. The van der Waals surface area contributed by atoms with Crippen molar-refractivity contribution in [3.8, 4) is 11.3 Å². The van der Waals surface area contributed by atoms with Crippen molar-refractivity contribution in [2.24, 2.45) is 7.05 Å². The Balaban J connectivity index is 1.63. The molecule has 25 heavy (non-hydrogen) atoms. The van der Waals surface area contributed by atoms with Gasteiger partial charge in [0.1, 0.15) is 0 Å². The minimum atomic E-state index is 0.259. The van der Waals surface area contributed by atoms with Crippen molar-refractivity contribution in [1.82, 2.24) is 19.6 Å². The number of rotatable bonds is 5. The van der Waals surface area contributed by atoms with Crippen molar-refractivity contribution in [1.29, 1.82) is 0 Å². The van der Waals surface area contributed by atoms with Crippen molar-refractivity contribution < 1.29 is 4.79 Å². The van der Waals surface area contributed by atoms with Gasteiger partial charge in [-0.05, 0) is 25.5 Å². The van der Waals surface area contributed by atoms with E-state index < -0.39 is 0 Å². The van der Waals surface area contributed by atoms with Crippen molar-refractivity contribution in [2.45, 2.75) is 26.7 Å². The zero-order chi connectivity index (χ0) is 17.8. The van der Waals surface area contributed by atoms with E-state index in [1.54, 1.807) is 0 Å². The maximum absolute atomic E-state index is 12.5. The topological polar surface area (TPSA) is 41.4 Å². The van der Waals surface area contributed by atoms with Crippen molar-refractivity contribution in [2.75, 3.05) is 32.7 Å². The number of amides is 1. The highest BCUT2D eigenvalue weighted by atomic mass is 16.2. The summed E-state index contributed by atoms with van der Waals surface area (Å²) in [6.07, 6.45) is 3.33. The number of nitrogens with zero attached hydrogens (tertiary/aromatic N) is 4. The van der Waals surface area contributed by atoms with E-state index in [4.69, 9.17) is 0 Å². The smallest absolute Gasteiger partial charge is 0.222 e. The number of carbonyl (C=O) groups is 1. The van der Waals surface area contributed by atoms with Gasteiger partial charge in [0.15, 0.2) is 0 Å². The van der Waals surface area contributed by atoms with Crippen LogP contribution in [0.25, 0.3) is 11.3 Å². The van der Waals surface area contributed by atoms with Crippen LogP contribution in [0.3, 0.4) is 0 Å².